The average Bonchev–Trinajstić information content (AvgIpc) is 3.15. The number of alkyl halides is 3. The highest BCUT2D eigenvalue weighted by atomic mass is 32.2. The third-order valence-corrected chi connectivity index (χ3v) is 5.61. The molecule has 0 aliphatic heterocycles. The molecule has 10 heteroatoms. The van der Waals surface area contributed by atoms with Gasteiger partial charge in [0.25, 0.3) is 0 Å². The van der Waals surface area contributed by atoms with Crippen LogP contribution in [0.2, 0.25) is 0 Å². The molecule has 0 aliphatic rings. The minimum absolute atomic E-state index is 0.0443. The van der Waals surface area contributed by atoms with Crippen LogP contribution < -0.4 is 10.1 Å². The number of nitrogens with zero attached hydrogens (tertiary/aromatic N) is 3. The number of thioether (sulfide) groups is 1. The standard InChI is InChI=1S/C22H23F3N4O2S/c1-4-29-19(12-31-17-7-5-6-16(11-17)22(23,24)25)27-28-21(29)32-13-20(30)26-18-10-14(2)8-9-15(18)3/h5-11H,4,12-13H2,1-3H3,(H,26,30). The molecule has 0 fully saturated rings. The predicted molar refractivity (Wildman–Crippen MR) is 117 cm³/mol. The van der Waals surface area contributed by atoms with E-state index in [1.807, 2.05) is 39.0 Å². The molecular formula is C22H23F3N4O2S. The van der Waals surface area contributed by atoms with Crippen molar-refractivity contribution in [3.8, 4) is 5.75 Å². The number of aromatic nitrogens is 3. The second-order valence-electron chi connectivity index (χ2n) is 7.11. The SMILES string of the molecule is CCn1c(COc2cccc(C(F)(F)F)c2)nnc1SCC(=O)Nc1cc(C)ccc1C. The number of nitrogens with one attached hydrogen (secondary N) is 1. The molecule has 3 aromatic rings. The van der Waals surface area contributed by atoms with Crippen LogP contribution in [0.4, 0.5) is 18.9 Å². The zero-order valence-electron chi connectivity index (χ0n) is 17.9. The second-order valence-corrected chi connectivity index (χ2v) is 8.06. The Morgan fingerprint density at radius 3 is 2.66 bits per heavy atom. The molecule has 1 amide bonds. The van der Waals surface area contributed by atoms with E-state index in [4.69, 9.17) is 4.74 Å². The first-order valence-corrected chi connectivity index (χ1v) is 10.9. The topological polar surface area (TPSA) is 69.0 Å². The van der Waals surface area contributed by atoms with Gasteiger partial charge in [-0.25, -0.2) is 0 Å². The van der Waals surface area contributed by atoms with E-state index in [-0.39, 0.29) is 24.0 Å². The number of ether oxygens (including phenoxy) is 1. The molecular weight excluding hydrogens is 441 g/mol. The van der Waals surface area contributed by atoms with Crippen LogP contribution in [0, 0.1) is 13.8 Å². The summed E-state index contributed by atoms with van der Waals surface area (Å²) in [5.74, 6) is 0.519. The molecule has 32 heavy (non-hydrogen) atoms. The molecule has 6 nitrogen and oxygen atoms in total. The van der Waals surface area contributed by atoms with Gasteiger partial charge in [-0.05, 0) is 56.2 Å². The van der Waals surface area contributed by atoms with Crippen LogP contribution in [0.5, 0.6) is 5.75 Å². The lowest BCUT2D eigenvalue weighted by atomic mass is 10.1. The molecule has 0 bridgehead atoms. The number of benzene rings is 2. The largest absolute Gasteiger partial charge is 0.486 e. The summed E-state index contributed by atoms with van der Waals surface area (Å²) in [5.41, 5.74) is 2.01. The van der Waals surface area contributed by atoms with Gasteiger partial charge in [0.05, 0.1) is 11.3 Å². The summed E-state index contributed by atoms with van der Waals surface area (Å²) in [6.45, 7) is 6.24. The Balaban J connectivity index is 1.61. The Hall–Kier alpha value is -3.01. The van der Waals surface area contributed by atoms with Crippen molar-refractivity contribution in [1.82, 2.24) is 14.8 Å². The van der Waals surface area contributed by atoms with Gasteiger partial charge in [-0.15, -0.1) is 10.2 Å². The van der Waals surface area contributed by atoms with E-state index in [0.717, 1.165) is 28.9 Å². The quantitative estimate of drug-likeness (QED) is 0.462. The van der Waals surface area contributed by atoms with Gasteiger partial charge < -0.3 is 14.6 Å². The summed E-state index contributed by atoms with van der Waals surface area (Å²) >= 11 is 1.23. The lowest BCUT2D eigenvalue weighted by molar-refractivity contribution is -0.137. The van der Waals surface area contributed by atoms with Crippen LogP contribution in [0.25, 0.3) is 0 Å². The van der Waals surface area contributed by atoms with Crippen LogP contribution in [0.3, 0.4) is 0 Å². The lowest BCUT2D eigenvalue weighted by Gasteiger charge is -2.11. The van der Waals surface area contributed by atoms with Crippen LogP contribution in [-0.4, -0.2) is 26.4 Å². The van der Waals surface area contributed by atoms with Gasteiger partial charge in [0.15, 0.2) is 11.0 Å². The summed E-state index contributed by atoms with van der Waals surface area (Å²) in [5, 5.41) is 11.6. The highest BCUT2D eigenvalue weighted by Gasteiger charge is 2.30. The maximum atomic E-state index is 12.9. The maximum Gasteiger partial charge on any atom is 0.416 e. The fourth-order valence-electron chi connectivity index (χ4n) is 2.95. The number of rotatable bonds is 8. The number of hydrogen-bond acceptors (Lipinski definition) is 5. The molecule has 0 spiro atoms. The highest BCUT2D eigenvalue weighted by molar-refractivity contribution is 7.99. The van der Waals surface area contributed by atoms with E-state index in [2.05, 4.69) is 15.5 Å². The van der Waals surface area contributed by atoms with Crippen molar-refractivity contribution in [2.45, 2.75) is 45.3 Å². The highest BCUT2D eigenvalue weighted by Crippen LogP contribution is 2.31. The zero-order valence-corrected chi connectivity index (χ0v) is 18.7. The second kappa shape index (κ2) is 10.1. The maximum absolute atomic E-state index is 12.9. The van der Waals surface area contributed by atoms with E-state index in [1.54, 1.807) is 4.57 Å². The molecule has 1 heterocycles. The molecule has 2 aromatic carbocycles. The van der Waals surface area contributed by atoms with E-state index < -0.39 is 11.7 Å². The number of halogens is 3. The minimum Gasteiger partial charge on any atom is -0.486 e. The average molecular weight is 465 g/mol. The molecule has 0 aliphatic carbocycles. The molecule has 1 N–H and O–H groups in total. The van der Waals surface area contributed by atoms with Crippen LogP contribution in [-0.2, 0) is 24.1 Å². The van der Waals surface area contributed by atoms with Gasteiger partial charge in [0.1, 0.15) is 12.4 Å². The summed E-state index contributed by atoms with van der Waals surface area (Å²) < 4.78 is 45.9. The Morgan fingerprint density at radius 2 is 1.94 bits per heavy atom. The summed E-state index contributed by atoms with van der Waals surface area (Å²) in [4.78, 5) is 12.4. The number of amides is 1. The monoisotopic (exact) mass is 464 g/mol. The Labute approximate surface area is 188 Å². The van der Waals surface area contributed by atoms with E-state index in [1.165, 1.54) is 23.9 Å². The molecule has 0 saturated carbocycles. The van der Waals surface area contributed by atoms with Crippen molar-refractivity contribution < 1.29 is 22.7 Å². The number of anilines is 1. The van der Waals surface area contributed by atoms with E-state index in [9.17, 15) is 18.0 Å². The van der Waals surface area contributed by atoms with Gasteiger partial charge in [-0.1, -0.05) is 30.0 Å². The number of hydrogen-bond donors (Lipinski definition) is 1. The van der Waals surface area contributed by atoms with Gasteiger partial charge in [-0.2, -0.15) is 13.2 Å². The van der Waals surface area contributed by atoms with E-state index >= 15 is 0 Å². The van der Waals surface area contributed by atoms with Crippen molar-refractivity contribution in [1.29, 1.82) is 0 Å². The fourth-order valence-corrected chi connectivity index (χ4v) is 3.77. The van der Waals surface area contributed by atoms with Crippen LogP contribution >= 0.6 is 11.8 Å². The third kappa shape index (κ3) is 6.03. The molecule has 0 atom stereocenters. The number of carbonyl (C=O) groups excluding carboxylic acids is 1. The van der Waals surface area contributed by atoms with Crippen LogP contribution in [0.1, 0.15) is 29.4 Å². The van der Waals surface area contributed by atoms with Crippen molar-refractivity contribution in [2.75, 3.05) is 11.1 Å². The molecule has 1 aromatic heterocycles. The first kappa shape index (κ1) is 23.6. The van der Waals surface area contributed by atoms with Gasteiger partial charge in [-0.3, -0.25) is 4.79 Å². The normalized spacial score (nSPS) is 11.4. The zero-order chi connectivity index (χ0) is 23.3. The van der Waals surface area contributed by atoms with Crippen molar-refractivity contribution >= 4 is 23.4 Å². The molecule has 170 valence electrons. The Kier molecular flexibility index (Phi) is 7.44. The van der Waals surface area contributed by atoms with Crippen LogP contribution in [0.15, 0.2) is 47.6 Å². The van der Waals surface area contributed by atoms with E-state index in [0.29, 0.717) is 17.5 Å². The van der Waals surface area contributed by atoms with Crippen molar-refractivity contribution in [2.24, 2.45) is 0 Å². The van der Waals surface area contributed by atoms with Gasteiger partial charge in [0.2, 0.25) is 5.91 Å². The minimum atomic E-state index is -4.44. The fraction of sp³-hybridized carbons (Fsp3) is 0.318. The first-order chi connectivity index (χ1) is 15.2. The van der Waals surface area contributed by atoms with Gasteiger partial charge >= 0.3 is 6.18 Å². The van der Waals surface area contributed by atoms with Crippen molar-refractivity contribution in [3.63, 3.8) is 0 Å². The third-order valence-electron chi connectivity index (χ3n) is 4.64. The summed E-state index contributed by atoms with van der Waals surface area (Å²) in [7, 11) is 0. The summed E-state index contributed by atoms with van der Waals surface area (Å²) in [6, 6.07) is 10.5. The molecule has 3 rings (SSSR count). The first-order valence-electron chi connectivity index (χ1n) is 9.89. The smallest absolute Gasteiger partial charge is 0.416 e. The number of carbonyl (C=O) groups is 1. The lowest BCUT2D eigenvalue weighted by Crippen LogP contribution is -2.15. The molecule has 0 unspecified atom stereocenters. The molecule has 0 saturated heterocycles. The van der Waals surface area contributed by atoms with Gasteiger partial charge in [0, 0.05) is 12.2 Å². The Morgan fingerprint density at radius 1 is 1.16 bits per heavy atom. The predicted octanol–water partition coefficient (Wildman–Crippen LogP) is 5.24. The summed E-state index contributed by atoms with van der Waals surface area (Å²) in [6.07, 6.45) is -4.44. The van der Waals surface area contributed by atoms with Crippen molar-refractivity contribution in [3.05, 3.63) is 65.0 Å². The number of aryl methyl sites for hydroxylation is 2. The Bertz CT molecular complexity index is 1100. The molecule has 0 radical (unpaired) electrons.